The van der Waals surface area contributed by atoms with Crippen LogP contribution >= 0.6 is 0 Å². The van der Waals surface area contributed by atoms with E-state index in [0.717, 1.165) is 30.7 Å². The lowest BCUT2D eigenvalue weighted by molar-refractivity contribution is 0.0232. The molecule has 2 atom stereocenters. The van der Waals surface area contributed by atoms with Gasteiger partial charge in [-0.15, -0.1) is 0 Å². The van der Waals surface area contributed by atoms with Crippen LogP contribution in [0.25, 0.3) is 0 Å². The summed E-state index contributed by atoms with van der Waals surface area (Å²) in [6, 6.07) is 7.29. The first-order valence-corrected chi connectivity index (χ1v) is 7.03. The monoisotopic (exact) mass is 277 g/mol. The molecule has 1 heterocycles. The predicted molar refractivity (Wildman–Crippen MR) is 79.7 cm³/mol. The molecule has 0 saturated carbocycles. The van der Waals surface area contributed by atoms with E-state index in [1.807, 2.05) is 38.1 Å². The summed E-state index contributed by atoms with van der Waals surface area (Å²) in [5.74, 6) is 0. The Labute approximate surface area is 119 Å². The van der Waals surface area contributed by atoms with Crippen LogP contribution < -0.4 is 16.4 Å². The fourth-order valence-electron chi connectivity index (χ4n) is 2.32. The molecule has 0 radical (unpaired) electrons. The second-order valence-electron chi connectivity index (χ2n) is 5.62. The fourth-order valence-corrected chi connectivity index (χ4v) is 2.32. The van der Waals surface area contributed by atoms with Crippen molar-refractivity contribution in [3.05, 3.63) is 29.8 Å². The van der Waals surface area contributed by atoms with Crippen LogP contribution in [-0.4, -0.2) is 24.8 Å². The minimum Gasteiger partial charge on any atom is -0.373 e. The summed E-state index contributed by atoms with van der Waals surface area (Å²) in [6.07, 6.45) is 2.03. The van der Waals surface area contributed by atoms with Crippen molar-refractivity contribution in [2.45, 2.75) is 38.3 Å². The van der Waals surface area contributed by atoms with E-state index in [9.17, 15) is 4.79 Å². The molecule has 1 aliphatic rings. The molecule has 1 aromatic rings. The molecule has 20 heavy (non-hydrogen) atoms. The van der Waals surface area contributed by atoms with Gasteiger partial charge in [0, 0.05) is 24.9 Å². The number of rotatable bonds is 4. The second kappa shape index (κ2) is 6.24. The molecule has 110 valence electrons. The van der Waals surface area contributed by atoms with Gasteiger partial charge >= 0.3 is 6.03 Å². The van der Waals surface area contributed by atoms with Gasteiger partial charge in [-0.3, -0.25) is 0 Å². The molecule has 0 spiro atoms. The third kappa shape index (κ3) is 3.95. The van der Waals surface area contributed by atoms with E-state index in [1.165, 1.54) is 0 Å². The van der Waals surface area contributed by atoms with E-state index in [2.05, 4.69) is 10.6 Å². The van der Waals surface area contributed by atoms with Crippen molar-refractivity contribution in [2.24, 2.45) is 5.73 Å². The van der Waals surface area contributed by atoms with Crippen molar-refractivity contribution in [2.75, 3.05) is 18.5 Å². The largest absolute Gasteiger partial charge is 0.373 e. The minimum absolute atomic E-state index is 0.0504. The number of benzene rings is 1. The van der Waals surface area contributed by atoms with Crippen molar-refractivity contribution in [3.63, 3.8) is 0 Å². The molecule has 2 amide bonds. The smallest absolute Gasteiger partial charge is 0.319 e. The zero-order valence-electron chi connectivity index (χ0n) is 12.1. The lowest BCUT2D eigenvalue weighted by Gasteiger charge is -2.23. The number of carbonyl (C=O) groups excluding carboxylic acids is 1. The van der Waals surface area contributed by atoms with Crippen LogP contribution in [0.5, 0.6) is 0 Å². The Kier molecular flexibility index (Phi) is 4.62. The summed E-state index contributed by atoms with van der Waals surface area (Å²) < 4.78 is 5.63. The lowest BCUT2D eigenvalue weighted by atomic mass is 10.0. The number of urea groups is 1. The summed E-state index contributed by atoms with van der Waals surface area (Å²) in [6.45, 7) is 5.23. The van der Waals surface area contributed by atoms with Gasteiger partial charge in [0.2, 0.25) is 0 Å². The summed E-state index contributed by atoms with van der Waals surface area (Å²) in [4.78, 5) is 11.9. The van der Waals surface area contributed by atoms with Crippen LogP contribution in [-0.2, 0) is 4.74 Å². The summed E-state index contributed by atoms with van der Waals surface area (Å²) in [5, 5.41) is 5.67. The van der Waals surface area contributed by atoms with Crippen molar-refractivity contribution in [1.29, 1.82) is 0 Å². The number of amides is 2. The van der Waals surface area contributed by atoms with E-state index < -0.39 is 0 Å². The molecule has 2 unspecified atom stereocenters. The number of ether oxygens (including phenoxy) is 1. The van der Waals surface area contributed by atoms with Crippen LogP contribution in [0.1, 0.15) is 38.3 Å². The number of hydrogen-bond acceptors (Lipinski definition) is 3. The van der Waals surface area contributed by atoms with Crippen LogP contribution in [0.4, 0.5) is 10.5 Å². The summed E-state index contributed by atoms with van der Waals surface area (Å²) in [5.41, 5.74) is 7.34. The Balaban J connectivity index is 1.86. The van der Waals surface area contributed by atoms with Gasteiger partial charge in [-0.25, -0.2) is 4.79 Å². The molecule has 5 nitrogen and oxygen atoms in total. The Morgan fingerprint density at radius 1 is 1.55 bits per heavy atom. The Bertz CT molecular complexity index is 468. The molecule has 1 aliphatic heterocycles. The van der Waals surface area contributed by atoms with Gasteiger partial charge in [0.25, 0.3) is 0 Å². The molecular formula is C15H23N3O2. The Morgan fingerprint density at radius 2 is 2.35 bits per heavy atom. The predicted octanol–water partition coefficient (Wildman–Crippen LogP) is 2.40. The van der Waals surface area contributed by atoms with E-state index in [4.69, 9.17) is 10.5 Å². The normalized spacial score (nSPS) is 23.4. The van der Waals surface area contributed by atoms with Crippen LogP contribution in [0.3, 0.4) is 0 Å². The zero-order chi connectivity index (χ0) is 14.6. The van der Waals surface area contributed by atoms with Gasteiger partial charge in [-0.1, -0.05) is 12.1 Å². The molecule has 0 aliphatic carbocycles. The minimum atomic E-state index is -0.231. The van der Waals surface area contributed by atoms with Crippen molar-refractivity contribution >= 4 is 11.7 Å². The highest BCUT2D eigenvalue weighted by Gasteiger charge is 2.29. The molecule has 0 aromatic heterocycles. The summed E-state index contributed by atoms with van der Waals surface area (Å²) in [7, 11) is 0. The highest BCUT2D eigenvalue weighted by Crippen LogP contribution is 2.24. The van der Waals surface area contributed by atoms with E-state index >= 15 is 0 Å². The molecule has 4 N–H and O–H groups in total. The third-order valence-electron chi connectivity index (χ3n) is 3.59. The van der Waals surface area contributed by atoms with E-state index in [0.29, 0.717) is 6.54 Å². The van der Waals surface area contributed by atoms with Gasteiger partial charge in [-0.05, 0) is 44.4 Å². The first-order valence-electron chi connectivity index (χ1n) is 7.03. The highest BCUT2D eigenvalue weighted by atomic mass is 16.5. The van der Waals surface area contributed by atoms with Crippen molar-refractivity contribution in [1.82, 2.24) is 5.32 Å². The van der Waals surface area contributed by atoms with Gasteiger partial charge in [0.15, 0.2) is 0 Å². The Hall–Kier alpha value is -1.59. The van der Waals surface area contributed by atoms with Gasteiger partial charge in [0.05, 0.1) is 5.60 Å². The average Bonchev–Trinajstić information content (AvgIpc) is 2.84. The number of nitrogens with two attached hydrogens (primary N) is 1. The van der Waals surface area contributed by atoms with E-state index in [1.54, 1.807) is 0 Å². The highest BCUT2D eigenvalue weighted by molar-refractivity contribution is 5.89. The fraction of sp³-hybridized carbons (Fsp3) is 0.533. The number of hydrogen-bond donors (Lipinski definition) is 3. The number of anilines is 1. The first-order chi connectivity index (χ1) is 9.48. The number of nitrogens with one attached hydrogen (secondary N) is 2. The molecule has 1 fully saturated rings. The van der Waals surface area contributed by atoms with Crippen LogP contribution in [0, 0.1) is 0 Å². The molecule has 1 aromatic carbocycles. The van der Waals surface area contributed by atoms with Gasteiger partial charge in [-0.2, -0.15) is 0 Å². The maximum Gasteiger partial charge on any atom is 0.319 e. The molecule has 5 heteroatoms. The average molecular weight is 277 g/mol. The summed E-state index contributed by atoms with van der Waals surface area (Å²) >= 11 is 0. The van der Waals surface area contributed by atoms with Gasteiger partial charge < -0.3 is 21.1 Å². The van der Waals surface area contributed by atoms with E-state index in [-0.39, 0.29) is 17.7 Å². The molecular weight excluding hydrogens is 254 g/mol. The standard InChI is InChI=1S/C15H23N3O2/c1-11(16)12-5-3-6-13(9-12)18-14(19)17-10-15(2)7-4-8-20-15/h3,5-6,9,11H,4,7-8,10,16H2,1-2H3,(H2,17,18,19). The maximum absolute atomic E-state index is 11.9. The zero-order valence-corrected chi connectivity index (χ0v) is 12.1. The van der Waals surface area contributed by atoms with Crippen LogP contribution in [0.15, 0.2) is 24.3 Å². The maximum atomic E-state index is 11.9. The molecule has 0 bridgehead atoms. The topological polar surface area (TPSA) is 76.4 Å². The van der Waals surface area contributed by atoms with Crippen molar-refractivity contribution < 1.29 is 9.53 Å². The van der Waals surface area contributed by atoms with Gasteiger partial charge in [0.1, 0.15) is 0 Å². The lowest BCUT2D eigenvalue weighted by Crippen LogP contribution is -2.41. The molecule has 2 rings (SSSR count). The second-order valence-corrected chi connectivity index (χ2v) is 5.62. The quantitative estimate of drug-likeness (QED) is 0.791. The Morgan fingerprint density at radius 3 is 3.00 bits per heavy atom. The first kappa shape index (κ1) is 14.8. The van der Waals surface area contributed by atoms with Crippen molar-refractivity contribution in [3.8, 4) is 0 Å². The SMILES string of the molecule is CC(N)c1cccc(NC(=O)NCC2(C)CCCO2)c1. The number of carbonyl (C=O) groups is 1. The molecule has 1 saturated heterocycles. The third-order valence-corrected chi connectivity index (χ3v) is 3.59. The van der Waals surface area contributed by atoms with Crippen LogP contribution in [0.2, 0.25) is 0 Å².